The summed E-state index contributed by atoms with van der Waals surface area (Å²) in [6.07, 6.45) is -3.14. The summed E-state index contributed by atoms with van der Waals surface area (Å²) in [5.41, 5.74) is 1.79. The summed E-state index contributed by atoms with van der Waals surface area (Å²) in [4.78, 5) is 27.3. The number of pyridine rings is 1. The van der Waals surface area contributed by atoms with Crippen LogP contribution in [0.4, 0.5) is 13.2 Å². The van der Waals surface area contributed by atoms with E-state index in [1.165, 1.54) is 0 Å². The number of hydrogen-bond acceptors (Lipinski definition) is 6. The molecule has 2 fully saturated rings. The van der Waals surface area contributed by atoms with Gasteiger partial charge in [-0.05, 0) is 37.8 Å². The highest BCUT2D eigenvalue weighted by Crippen LogP contribution is 2.45. The maximum absolute atomic E-state index is 12.7. The second kappa shape index (κ2) is 11.0. The number of hydrogen-bond donors (Lipinski definition) is 1. The van der Waals surface area contributed by atoms with Crippen LogP contribution >= 0.6 is 0 Å². The minimum Gasteiger partial charge on any atom is -0.475 e. The lowest BCUT2D eigenvalue weighted by Gasteiger charge is -2.50. The van der Waals surface area contributed by atoms with Crippen LogP contribution < -0.4 is 0 Å². The Balaban J connectivity index is 0.000000509. The smallest absolute Gasteiger partial charge is 0.475 e. The SMILES string of the molecule is Cc1cccc(COCC2CCS(=O)(=O)C23CN(C(=O)CCC(C)C)C3)n1.O=C(O)C(F)(F)F. The zero-order chi connectivity index (χ0) is 25.7. The van der Waals surface area contributed by atoms with Crippen molar-refractivity contribution in [3.05, 3.63) is 29.6 Å². The van der Waals surface area contributed by atoms with Crippen LogP contribution in [0.15, 0.2) is 18.2 Å². The fourth-order valence-electron chi connectivity index (χ4n) is 4.04. The molecule has 2 aliphatic rings. The Labute approximate surface area is 197 Å². The van der Waals surface area contributed by atoms with Crippen molar-refractivity contribution in [1.82, 2.24) is 9.88 Å². The molecule has 1 atom stereocenters. The van der Waals surface area contributed by atoms with E-state index < -0.39 is 26.7 Å². The van der Waals surface area contributed by atoms with Crippen LogP contribution in [0, 0.1) is 18.8 Å². The molecule has 12 heteroatoms. The van der Waals surface area contributed by atoms with Gasteiger partial charge in [0.2, 0.25) is 5.91 Å². The van der Waals surface area contributed by atoms with Crippen LogP contribution in [0.5, 0.6) is 0 Å². The van der Waals surface area contributed by atoms with Gasteiger partial charge in [0, 0.05) is 31.1 Å². The predicted octanol–water partition coefficient (Wildman–Crippen LogP) is 2.99. The van der Waals surface area contributed by atoms with E-state index in [2.05, 4.69) is 18.8 Å². The molecule has 8 nitrogen and oxygen atoms in total. The number of aromatic nitrogens is 1. The number of rotatable bonds is 7. The van der Waals surface area contributed by atoms with Gasteiger partial charge >= 0.3 is 12.1 Å². The molecule has 192 valence electrons. The molecule has 2 aliphatic heterocycles. The van der Waals surface area contributed by atoms with E-state index >= 15 is 0 Å². The van der Waals surface area contributed by atoms with Crippen LogP contribution in [0.3, 0.4) is 0 Å². The molecule has 1 aromatic rings. The first-order valence-corrected chi connectivity index (χ1v) is 12.6. The standard InChI is InChI=1S/C20H30N2O4S.C2HF3O2/c1-15(2)7-8-19(23)22-13-20(14-22)17(9-10-27(20,24)25)11-26-12-18-6-4-5-16(3)21-18;3-2(4,5)1(6)7/h4-6,15,17H,7-14H2,1-3H3;(H,6,7). The Kier molecular flexibility index (Phi) is 9.09. The average molecular weight is 509 g/mol. The number of carboxylic acids is 1. The van der Waals surface area contributed by atoms with Crippen molar-refractivity contribution in [2.75, 3.05) is 25.4 Å². The zero-order valence-electron chi connectivity index (χ0n) is 19.5. The van der Waals surface area contributed by atoms with Crippen molar-refractivity contribution in [2.45, 2.75) is 57.6 Å². The van der Waals surface area contributed by atoms with Gasteiger partial charge in [-0.25, -0.2) is 13.2 Å². The number of aliphatic carboxylic acids is 1. The summed E-state index contributed by atoms with van der Waals surface area (Å²) in [6, 6.07) is 5.78. The summed E-state index contributed by atoms with van der Waals surface area (Å²) in [6.45, 7) is 7.52. The first-order chi connectivity index (χ1) is 15.7. The molecule has 0 bridgehead atoms. The van der Waals surface area contributed by atoms with Crippen molar-refractivity contribution < 1.29 is 41.0 Å². The van der Waals surface area contributed by atoms with Crippen LogP contribution in [0.25, 0.3) is 0 Å². The van der Waals surface area contributed by atoms with Crippen molar-refractivity contribution in [3.63, 3.8) is 0 Å². The van der Waals surface area contributed by atoms with Gasteiger partial charge in [0.15, 0.2) is 9.84 Å². The molecule has 0 aliphatic carbocycles. The third kappa shape index (κ3) is 6.91. The van der Waals surface area contributed by atoms with E-state index in [4.69, 9.17) is 14.6 Å². The fraction of sp³-hybridized carbons (Fsp3) is 0.682. The lowest BCUT2D eigenvalue weighted by Crippen LogP contribution is -2.68. The lowest BCUT2D eigenvalue weighted by atomic mass is 9.83. The molecule has 34 heavy (non-hydrogen) atoms. The quantitative estimate of drug-likeness (QED) is 0.602. The summed E-state index contributed by atoms with van der Waals surface area (Å²) in [5.74, 6) is -2.08. The molecule has 3 rings (SSSR count). The molecule has 0 saturated carbocycles. The molecule has 1 spiro atoms. The number of alkyl halides is 3. The van der Waals surface area contributed by atoms with E-state index in [9.17, 15) is 26.4 Å². The summed E-state index contributed by atoms with van der Waals surface area (Å²) in [7, 11) is -3.19. The molecule has 0 aromatic carbocycles. The monoisotopic (exact) mass is 508 g/mol. The maximum atomic E-state index is 12.7. The number of aryl methyl sites for hydroxylation is 1. The van der Waals surface area contributed by atoms with E-state index in [-0.39, 0.29) is 17.6 Å². The third-order valence-electron chi connectivity index (χ3n) is 6.06. The van der Waals surface area contributed by atoms with Crippen LogP contribution in [0.2, 0.25) is 0 Å². The van der Waals surface area contributed by atoms with E-state index in [0.29, 0.717) is 45.1 Å². The van der Waals surface area contributed by atoms with Gasteiger partial charge in [0.25, 0.3) is 0 Å². The van der Waals surface area contributed by atoms with Crippen LogP contribution in [-0.2, 0) is 30.8 Å². The van der Waals surface area contributed by atoms with Gasteiger partial charge in [-0.2, -0.15) is 13.2 Å². The van der Waals surface area contributed by atoms with Crippen molar-refractivity contribution in [3.8, 4) is 0 Å². The molecule has 2 saturated heterocycles. The molecular weight excluding hydrogens is 477 g/mol. The maximum Gasteiger partial charge on any atom is 0.490 e. The Morgan fingerprint density at radius 1 is 1.29 bits per heavy atom. The summed E-state index contributed by atoms with van der Waals surface area (Å²) < 4.78 is 62.1. The minimum atomic E-state index is -5.08. The van der Waals surface area contributed by atoms with Crippen molar-refractivity contribution >= 4 is 21.7 Å². The number of sulfone groups is 1. The predicted molar refractivity (Wildman–Crippen MR) is 118 cm³/mol. The molecule has 0 radical (unpaired) electrons. The highest BCUT2D eigenvalue weighted by Gasteiger charge is 2.62. The molecule has 1 aromatic heterocycles. The lowest BCUT2D eigenvalue weighted by molar-refractivity contribution is -0.192. The Morgan fingerprint density at radius 2 is 1.91 bits per heavy atom. The number of likely N-dealkylation sites (tertiary alicyclic amines) is 1. The van der Waals surface area contributed by atoms with Crippen LogP contribution in [-0.4, -0.2) is 71.7 Å². The first-order valence-electron chi connectivity index (χ1n) is 11.0. The summed E-state index contributed by atoms with van der Waals surface area (Å²) >= 11 is 0. The van der Waals surface area contributed by atoms with Gasteiger partial charge < -0.3 is 14.7 Å². The van der Waals surface area contributed by atoms with E-state index in [0.717, 1.165) is 17.8 Å². The molecule has 1 amide bonds. The molecule has 1 N–H and O–H groups in total. The third-order valence-corrected chi connectivity index (χ3v) is 8.66. The highest BCUT2D eigenvalue weighted by molar-refractivity contribution is 7.93. The normalized spacial score (nSPS) is 20.6. The molecular formula is C22H31F3N2O6S. The van der Waals surface area contributed by atoms with E-state index in [1.807, 2.05) is 25.1 Å². The number of carbonyl (C=O) groups is 2. The Morgan fingerprint density at radius 3 is 2.44 bits per heavy atom. The van der Waals surface area contributed by atoms with Gasteiger partial charge in [-0.15, -0.1) is 0 Å². The second-order valence-electron chi connectivity index (χ2n) is 9.14. The summed E-state index contributed by atoms with van der Waals surface area (Å²) in [5, 5.41) is 7.12. The minimum absolute atomic E-state index is 0.0542. The Hall–Kier alpha value is -2.21. The highest BCUT2D eigenvalue weighted by atomic mass is 32.2. The largest absolute Gasteiger partial charge is 0.490 e. The van der Waals surface area contributed by atoms with Crippen molar-refractivity contribution in [2.24, 2.45) is 11.8 Å². The average Bonchev–Trinajstić information content (AvgIpc) is 2.95. The van der Waals surface area contributed by atoms with Crippen molar-refractivity contribution in [1.29, 1.82) is 0 Å². The second-order valence-corrected chi connectivity index (χ2v) is 11.6. The van der Waals surface area contributed by atoms with E-state index in [1.54, 1.807) is 4.90 Å². The Bertz CT molecular complexity index is 975. The molecule has 3 heterocycles. The van der Waals surface area contributed by atoms with Crippen LogP contribution in [0.1, 0.15) is 44.5 Å². The number of ether oxygens (including phenoxy) is 1. The molecule has 1 unspecified atom stereocenters. The fourth-order valence-corrected chi connectivity index (χ4v) is 6.44. The topological polar surface area (TPSA) is 114 Å². The zero-order valence-corrected chi connectivity index (χ0v) is 20.3. The number of carbonyl (C=O) groups excluding carboxylic acids is 1. The van der Waals surface area contributed by atoms with Gasteiger partial charge in [0.05, 0.1) is 24.7 Å². The van der Waals surface area contributed by atoms with Gasteiger partial charge in [0.1, 0.15) is 4.75 Å². The first kappa shape index (κ1) is 28.0. The van der Waals surface area contributed by atoms with Gasteiger partial charge in [-0.1, -0.05) is 19.9 Å². The van der Waals surface area contributed by atoms with Gasteiger partial charge in [-0.3, -0.25) is 9.78 Å². The number of carboxylic acid groups (broad SMARTS) is 1. The number of halogens is 3. The number of nitrogens with zero attached hydrogens (tertiary/aromatic N) is 2. The number of amides is 1.